The van der Waals surface area contributed by atoms with Crippen LogP contribution in [0.5, 0.6) is 0 Å². The summed E-state index contributed by atoms with van der Waals surface area (Å²) in [4.78, 5) is 2.50. The molecule has 0 aromatic carbocycles. The highest BCUT2D eigenvalue weighted by molar-refractivity contribution is 4.92. The van der Waals surface area contributed by atoms with Crippen LogP contribution >= 0.6 is 0 Å². The summed E-state index contributed by atoms with van der Waals surface area (Å²) in [7, 11) is 0. The van der Waals surface area contributed by atoms with Gasteiger partial charge in [-0.15, -0.1) is 0 Å². The average Bonchev–Trinajstić information content (AvgIpc) is 1.97. The molecule has 3 atom stereocenters. The van der Waals surface area contributed by atoms with Crippen molar-refractivity contribution >= 4 is 0 Å². The molecule has 1 aliphatic rings. The molecule has 0 spiro atoms. The van der Waals surface area contributed by atoms with Gasteiger partial charge in [0.25, 0.3) is 0 Å². The van der Waals surface area contributed by atoms with Crippen LogP contribution in [0.4, 0.5) is 0 Å². The van der Waals surface area contributed by atoms with Gasteiger partial charge in [0.15, 0.2) is 0 Å². The van der Waals surface area contributed by atoms with Crippen LogP contribution in [0.15, 0.2) is 0 Å². The van der Waals surface area contributed by atoms with Gasteiger partial charge >= 0.3 is 0 Å². The third-order valence-electron chi connectivity index (χ3n) is 2.90. The van der Waals surface area contributed by atoms with E-state index in [1.54, 1.807) is 0 Å². The van der Waals surface area contributed by atoms with Gasteiger partial charge in [0.1, 0.15) is 0 Å². The van der Waals surface area contributed by atoms with E-state index in [4.69, 9.17) is 4.74 Å². The standard InChI is InChI=1S/C11H23NO/c1-6-12-7-9(4)11(12)10(5)13-8(2)3/h8-11H,6-7H2,1-5H3/t9?,10-,11-/m0/s1. The molecule has 1 fully saturated rings. The Labute approximate surface area is 82.3 Å². The first-order chi connectivity index (χ1) is 6.06. The van der Waals surface area contributed by atoms with Crippen LogP contribution in [0.25, 0.3) is 0 Å². The maximum absolute atomic E-state index is 5.81. The van der Waals surface area contributed by atoms with Crippen LogP contribution < -0.4 is 0 Å². The second kappa shape index (κ2) is 4.43. The monoisotopic (exact) mass is 185 g/mol. The van der Waals surface area contributed by atoms with Gasteiger partial charge in [-0.2, -0.15) is 0 Å². The Morgan fingerprint density at radius 2 is 2.00 bits per heavy atom. The Bertz CT molecular complexity index is 158. The van der Waals surface area contributed by atoms with Gasteiger partial charge in [-0.3, -0.25) is 4.90 Å². The van der Waals surface area contributed by atoms with Crippen molar-refractivity contribution in [1.82, 2.24) is 4.90 Å². The summed E-state index contributed by atoms with van der Waals surface area (Å²) < 4.78 is 5.81. The number of likely N-dealkylation sites (tertiary alicyclic amines) is 1. The lowest BCUT2D eigenvalue weighted by atomic mass is 9.86. The van der Waals surface area contributed by atoms with Crippen molar-refractivity contribution in [2.45, 2.75) is 52.9 Å². The summed E-state index contributed by atoms with van der Waals surface area (Å²) in [6, 6.07) is 0.646. The minimum absolute atomic E-state index is 0.349. The molecule has 1 rings (SSSR count). The molecular formula is C11H23NO. The van der Waals surface area contributed by atoms with Crippen molar-refractivity contribution < 1.29 is 4.74 Å². The molecule has 0 radical (unpaired) electrons. The molecule has 78 valence electrons. The fraction of sp³-hybridized carbons (Fsp3) is 1.00. The molecule has 2 heteroatoms. The van der Waals surface area contributed by atoms with Gasteiger partial charge < -0.3 is 4.74 Å². The summed E-state index contributed by atoms with van der Waals surface area (Å²) in [5, 5.41) is 0. The summed E-state index contributed by atoms with van der Waals surface area (Å²) in [5.74, 6) is 0.800. The summed E-state index contributed by atoms with van der Waals surface area (Å²) >= 11 is 0. The minimum atomic E-state index is 0.349. The molecule has 0 saturated carbocycles. The Hall–Kier alpha value is -0.0800. The van der Waals surface area contributed by atoms with Crippen molar-refractivity contribution in [2.24, 2.45) is 5.92 Å². The van der Waals surface area contributed by atoms with E-state index in [-0.39, 0.29) is 0 Å². The maximum atomic E-state index is 5.81. The van der Waals surface area contributed by atoms with Gasteiger partial charge in [0, 0.05) is 12.6 Å². The highest BCUT2D eigenvalue weighted by Gasteiger charge is 2.38. The number of hydrogen-bond donors (Lipinski definition) is 0. The quantitative estimate of drug-likeness (QED) is 0.665. The molecule has 2 nitrogen and oxygen atoms in total. The molecule has 0 aliphatic carbocycles. The second-order valence-electron chi connectivity index (χ2n) is 4.45. The Morgan fingerprint density at radius 3 is 2.38 bits per heavy atom. The normalized spacial score (nSPS) is 31.8. The van der Waals surface area contributed by atoms with Crippen molar-refractivity contribution in [3.63, 3.8) is 0 Å². The Balaban J connectivity index is 2.40. The molecule has 13 heavy (non-hydrogen) atoms. The van der Waals surface area contributed by atoms with Gasteiger partial charge in [-0.1, -0.05) is 13.8 Å². The van der Waals surface area contributed by atoms with Crippen molar-refractivity contribution in [1.29, 1.82) is 0 Å². The Morgan fingerprint density at radius 1 is 1.38 bits per heavy atom. The zero-order valence-electron chi connectivity index (χ0n) is 9.58. The predicted octanol–water partition coefficient (Wildman–Crippen LogP) is 2.14. The largest absolute Gasteiger partial charge is 0.374 e. The SMILES string of the molecule is CCN1CC(C)[C@H]1[C@H](C)OC(C)C. The van der Waals surface area contributed by atoms with Crippen LogP contribution in [0, 0.1) is 5.92 Å². The van der Waals surface area contributed by atoms with Crippen LogP contribution in [0.3, 0.4) is 0 Å². The fourth-order valence-electron chi connectivity index (χ4n) is 2.43. The van der Waals surface area contributed by atoms with E-state index in [9.17, 15) is 0 Å². The number of likely N-dealkylation sites (N-methyl/N-ethyl adjacent to an activating group) is 1. The third kappa shape index (κ3) is 2.44. The predicted molar refractivity (Wildman–Crippen MR) is 55.9 cm³/mol. The van der Waals surface area contributed by atoms with Crippen LogP contribution in [0.2, 0.25) is 0 Å². The molecule has 0 aromatic heterocycles. The highest BCUT2D eigenvalue weighted by Crippen LogP contribution is 2.28. The lowest BCUT2D eigenvalue weighted by Gasteiger charge is -2.49. The number of nitrogens with zero attached hydrogens (tertiary/aromatic N) is 1. The van der Waals surface area contributed by atoms with Gasteiger partial charge in [-0.05, 0) is 33.2 Å². The maximum Gasteiger partial charge on any atom is 0.0708 e. The van der Waals surface area contributed by atoms with Gasteiger partial charge in [-0.25, -0.2) is 0 Å². The first kappa shape index (κ1) is 11.0. The molecule has 0 N–H and O–H groups in total. The molecule has 1 saturated heterocycles. The number of hydrogen-bond acceptors (Lipinski definition) is 2. The summed E-state index contributed by atoms with van der Waals surface area (Å²) in [6.07, 6.45) is 0.727. The Kier molecular flexibility index (Phi) is 3.74. The van der Waals surface area contributed by atoms with Crippen LogP contribution in [-0.2, 0) is 4.74 Å². The zero-order chi connectivity index (χ0) is 10.0. The van der Waals surface area contributed by atoms with Crippen molar-refractivity contribution in [3.8, 4) is 0 Å². The van der Waals surface area contributed by atoms with Gasteiger partial charge in [0.2, 0.25) is 0 Å². The number of rotatable bonds is 4. The molecular weight excluding hydrogens is 162 g/mol. The minimum Gasteiger partial charge on any atom is -0.374 e. The van der Waals surface area contributed by atoms with Crippen molar-refractivity contribution in [3.05, 3.63) is 0 Å². The van der Waals surface area contributed by atoms with Crippen LogP contribution in [-0.4, -0.2) is 36.2 Å². The average molecular weight is 185 g/mol. The molecule has 1 heterocycles. The van der Waals surface area contributed by atoms with E-state index < -0.39 is 0 Å². The lowest BCUT2D eigenvalue weighted by molar-refractivity contribution is -0.0969. The first-order valence-corrected chi connectivity index (χ1v) is 5.45. The van der Waals surface area contributed by atoms with E-state index >= 15 is 0 Å². The van der Waals surface area contributed by atoms with E-state index in [1.165, 1.54) is 6.54 Å². The number of ether oxygens (including phenoxy) is 1. The molecule has 0 bridgehead atoms. The van der Waals surface area contributed by atoms with E-state index in [1.807, 2.05) is 0 Å². The third-order valence-corrected chi connectivity index (χ3v) is 2.90. The molecule has 0 amide bonds. The molecule has 1 aliphatic heterocycles. The van der Waals surface area contributed by atoms with Gasteiger partial charge in [0.05, 0.1) is 12.2 Å². The van der Waals surface area contributed by atoms with Crippen LogP contribution in [0.1, 0.15) is 34.6 Å². The fourth-order valence-corrected chi connectivity index (χ4v) is 2.43. The first-order valence-electron chi connectivity index (χ1n) is 5.45. The summed E-state index contributed by atoms with van der Waals surface area (Å²) in [6.45, 7) is 13.3. The zero-order valence-corrected chi connectivity index (χ0v) is 9.58. The summed E-state index contributed by atoms with van der Waals surface area (Å²) in [5.41, 5.74) is 0. The lowest BCUT2D eigenvalue weighted by Crippen LogP contribution is -2.60. The van der Waals surface area contributed by atoms with Crippen molar-refractivity contribution in [2.75, 3.05) is 13.1 Å². The topological polar surface area (TPSA) is 12.5 Å². The smallest absolute Gasteiger partial charge is 0.0708 e. The van der Waals surface area contributed by atoms with E-state index in [0.29, 0.717) is 18.2 Å². The van der Waals surface area contributed by atoms with E-state index in [0.717, 1.165) is 12.5 Å². The highest BCUT2D eigenvalue weighted by atomic mass is 16.5. The molecule has 0 aromatic rings. The second-order valence-corrected chi connectivity index (χ2v) is 4.45. The van der Waals surface area contributed by atoms with E-state index in [2.05, 4.69) is 39.5 Å². The molecule has 1 unspecified atom stereocenters.